The highest BCUT2D eigenvalue weighted by atomic mass is 16.5. The van der Waals surface area contributed by atoms with Crippen molar-refractivity contribution in [2.24, 2.45) is 5.92 Å². The standard InChI is InChI=1S/C22H29N3O5/c1-15(2)7-12-29-18-6-5-17(14-19(18)28-4)21(26)24-8-10-25(11-9-24)22(27)20-13-16(3)23-30-20/h5-6,13-15H,7-12H2,1-4H3. The van der Waals surface area contributed by atoms with Gasteiger partial charge in [0.05, 0.1) is 19.4 Å². The normalized spacial score (nSPS) is 14.2. The topological polar surface area (TPSA) is 85.1 Å². The summed E-state index contributed by atoms with van der Waals surface area (Å²) in [6.45, 7) is 8.44. The molecular formula is C22H29N3O5. The van der Waals surface area contributed by atoms with Crippen molar-refractivity contribution >= 4 is 11.8 Å². The molecule has 1 saturated heterocycles. The van der Waals surface area contributed by atoms with Crippen molar-refractivity contribution in [1.82, 2.24) is 15.0 Å². The van der Waals surface area contributed by atoms with Gasteiger partial charge in [0.25, 0.3) is 11.8 Å². The van der Waals surface area contributed by atoms with Gasteiger partial charge in [0.2, 0.25) is 5.76 Å². The number of benzene rings is 1. The SMILES string of the molecule is COc1cc(C(=O)N2CCN(C(=O)c3cc(C)no3)CC2)ccc1OCCC(C)C. The molecule has 1 aliphatic heterocycles. The van der Waals surface area contributed by atoms with Crippen LogP contribution in [0.4, 0.5) is 0 Å². The Labute approximate surface area is 176 Å². The zero-order valence-electron chi connectivity index (χ0n) is 18.0. The molecule has 8 nitrogen and oxygen atoms in total. The van der Waals surface area contributed by atoms with E-state index in [2.05, 4.69) is 19.0 Å². The number of hydrogen-bond acceptors (Lipinski definition) is 6. The third-order valence-electron chi connectivity index (χ3n) is 5.06. The van der Waals surface area contributed by atoms with E-state index in [-0.39, 0.29) is 17.6 Å². The minimum absolute atomic E-state index is 0.0929. The Morgan fingerprint density at radius 2 is 1.73 bits per heavy atom. The van der Waals surface area contributed by atoms with Gasteiger partial charge < -0.3 is 23.8 Å². The number of carbonyl (C=O) groups excluding carboxylic acids is 2. The van der Waals surface area contributed by atoms with Crippen molar-refractivity contribution in [3.8, 4) is 11.5 Å². The van der Waals surface area contributed by atoms with E-state index in [0.717, 1.165) is 6.42 Å². The highest BCUT2D eigenvalue weighted by Gasteiger charge is 2.27. The van der Waals surface area contributed by atoms with Crippen LogP contribution >= 0.6 is 0 Å². The van der Waals surface area contributed by atoms with E-state index in [4.69, 9.17) is 14.0 Å². The molecule has 1 aromatic heterocycles. The van der Waals surface area contributed by atoms with E-state index in [1.54, 1.807) is 48.1 Å². The lowest BCUT2D eigenvalue weighted by Gasteiger charge is -2.34. The maximum Gasteiger partial charge on any atom is 0.292 e. The number of aryl methyl sites for hydroxylation is 1. The summed E-state index contributed by atoms with van der Waals surface area (Å²) < 4.78 is 16.3. The lowest BCUT2D eigenvalue weighted by Crippen LogP contribution is -2.50. The van der Waals surface area contributed by atoms with E-state index in [9.17, 15) is 9.59 Å². The highest BCUT2D eigenvalue weighted by Crippen LogP contribution is 2.29. The number of rotatable bonds is 7. The van der Waals surface area contributed by atoms with E-state index in [1.165, 1.54) is 0 Å². The lowest BCUT2D eigenvalue weighted by atomic mass is 10.1. The van der Waals surface area contributed by atoms with Gasteiger partial charge in [0.1, 0.15) is 0 Å². The molecule has 0 unspecified atom stereocenters. The molecule has 2 amide bonds. The Morgan fingerprint density at radius 3 is 2.30 bits per heavy atom. The van der Waals surface area contributed by atoms with Gasteiger partial charge in [-0.3, -0.25) is 9.59 Å². The van der Waals surface area contributed by atoms with Crippen LogP contribution < -0.4 is 9.47 Å². The van der Waals surface area contributed by atoms with Crippen molar-refractivity contribution in [2.75, 3.05) is 39.9 Å². The summed E-state index contributed by atoms with van der Waals surface area (Å²) in [7, 11) is 1.56. The molecule has 0 bridgehead atoms. The van der Waals surface area contributed by atoms with Crippen LogP contribution in [0.5, 0.6) is 11.5 Å². The average molecular weight is 415 g/mol. The second kappa shape index (κ2) is 9.65. The molecule has 0 saturated carbocycles. The number of carbonyl (C=O) groups is 2. The molecule has 0 N–H and O–H groups in total. The first-order valence-corrected chi connectivity index (χ1v) is 10.2. The third kappa shape index (κ3) is 5.11. The first-order chi connectivity index (χ1) is 14.4. The largest absolute Gasteiger partial charge is 0.493 e. The fraction of sp³-hybridized carbons (Fsp3) is 0.500. The molecule has 30 heavy (non-hydrogen) atoms. The summed E-state index contributed by atoms with van der Waals surface area (Å²) >= 11 is 0. The number of ether oxygens (including phenoxy) is 2. The van der Waals surface area contributed by atoms with E-state index in [0.29, 0.717) is 61.5 Å². The Hall–Kier alpha value is -3.03. The zero-order valence-corrected chi connectivity index (χ0v) is 18.0. The molecule has 0 spiro atoms. The molecule has 0 aliphatic carbocycles. The van der Waals surface area contributed by atoms with Crippen LogP contribution in [0.2, 0.25) is 0 Å². The molecule has 0 atom stereocenters. The number of nitrogens with zero attached hydrogens (tertiary/aromatic N) is 3. The van der Waals surface area contributed by atoms with Gasteiger partial charge in [-0.1, -0.05) is 19.0 Å². The second-order valence-electron chi connectivity index (χ2n) is 7.81. The quantitative estimate of drug-likeness (QED) is 0.691. The van der Waals surface area contributed by atoms with Crippen LogP contribution in [0.15, 0.2) is 28.8 Å². The van der Waals surface area contributed by atoms with Crippen LogP contribution in [-0.2, 0) is 0 Å². The first-order valence-electron chi connectivity index (χ1n) is 10.2. The number of methoxy groups -OCH3 is 1. The van der Waals surface area contributed by atoms with E-state index >= 15 is 0 Å². The van der Waals surface area contributed by atoms with Crippen LogP contribution in [0, 0.1) is 12.8 Å². The van der Waals surface area contributed by atoms with Crippen molar-refractivity contribution in [2.45, 2.75) is 27.2 Å². The maximum absolute atomic E-state index is 12.9. The summed E-state index contributed by atoms with van der Waals surface area (Å²) in [5.41, 5.74) is 1.20. The van der Waals surface area contributed by atoms with Gasteiger partial charge in [-0.15, -0.1) is 0 Å². The van der Waals surface area contributed by atoms with Gasteiger partial charge in [0, 0.05) is 37.8 Å². The molecule has 1 fully saturated rings. The van der Waals surface area contributed by atoms with Crippen LogP contribution in [-0.4, -0.2) is 66.7 Å². The predicted octanol–water partition coefficient (Wildman–Crippen LogP) is 3.01. The predicted molar refractivity (Wildman–Crippen MR) is 111 cm³/mol. The molecule has 162 valence electrons. The fourth-order valence-electron chi connectivity index (χ4n) is 3.24. The Kier molecular flexibility index (Phi) is 6.97. The Morgan fingerprint density at radius 1 is 1.07 bits per heavy atom. The van der Waals surface area contributed by atoms with E-state index < -0.39 is 0 Å². The molecule has 1 aromatic carbocycles. The fourth-order valence-corrected chi connectivity index (χ4v) is 3.24. The third-order valence-corrected chi connectivity index (χ3v) is 5.06. The smallest absolute Gasteiger partial charge is 0.292 e. The van der Waals surface area contributed by atoms with Crippen molar-refractivity contribution in [3.63, 3.8) is 0 Å². The number of piperazine rings is 1. The van der Waals surface area contributed by atoms with Gasteiger partial charge >= 0.3 is 0 Å². The summed E-state index contributed by atoms with van der Waals surface area (Å²) in [6, 6.07) is 6.86. The lowest BCUT2D eigenvalue weighted by molar-refractivity contribution is 0.0512. The van der Waals surface area contributed by atoms with Crippen molar-refractivity contribution in [1.29, 1.82) is 0 Å². The monoisotopic (exact) mass is 415 g/mol. The minimum Gasteiger partial charge on any atom is -0.493 e. The molecule has 8 heteroatoms. The van der Waals surface area contributed by atoms with Gasteiger partial charge in [-0.25, -0.2) is 0 Å². The Balaban J connectivity index is 1.59. The number of aromatic nitrogens is 1. The number of amides is 2. The van der Waals surface area contributed by atoms with Gasteiger partial charge in [-0.2, -0.15) is 0 Å². The van der Waals surface area contributed by atoms with Gasteiger partial charge in [0.15, 0.2) is 11.5 Å². The van der Waals surface area contributed by atoms with Crippen LogP contribution in [0.1, 0.15) is 46.9 Å². The van der Waals surface area contributed by atoms with Crippen LogP contribution in [0.3, 0.4) is 0 Å². The summed E-state index contributed by atoms with van der Waals surface area (Å²) in [4.78, 5) is 28.8. The summed E-state index contributed by atoms with van der Waals surface area (Å²) in [6.07, 6.45) is 0.945. The zero-order chi connectivity index (χ0) is 21.7. The summed E-state index contributed by atoms with van der Waals surface area (Å²) in [5, 5.41) is 3.76. The maximum atomic E-state index is 12.9. The molecule has 0 radical (unpaired) electrons. The number of hydrogen-bond donors (Lipinski definition) is 0. The second-order valence-corrected chi connectivity index (χ2v) is 7.81. The molecule has 3 rings (SSSR count). The molecule has 1 aliphatic rings. The highest BCUT2D eigenvalue weighted by molar-refractivity contribution is 5.95. The Bertz CT molecular complexity index is 885. The average Bonchev–Trinajstić information content (AvgIpc) is 3.19. The van der Waals surface area contributed by atoms with Crippen molar-refractivity contribution in [3.05, 3.63) is 41.3 Å². The summed E-state index contributed by atoms with van der Waals surface area (Å²) in [5.74, 6) is 1.66. The molecule has 2 heterocycles. The molecule has 2 aromatic rings. The minimum atomic E-state index is -0.202. The van der Waals surface area contributed by atoms with Gasteiger partial charge in [-0.05, 0) is 37.5 Å². The first kappa shape index (κ1) is 21.7. The van der Waals surface area contributed by atoms with E-state index in [1.807, 2.05) is 0 Å². The van der Waals surface area contributed by atoms with Crippen molar-refractivity contribution < 1.29 is 23.6 Å². The van der Waals surface area contributed by atoms with Crippen LogP contribution in [0.25, 0.3) is 0 Å². The molecular weight excluding hydrogens is 386 g/mol.